The number of ether oxygens (including phenoxy) is 1. The van der Waals surface area contributed by atoms with Crippen LogP contribution in [0.15, 0.2) is 21.5 Å². The Morgan fingerprint density at radius 3 is 2.75 bits per heavy atom. The molecule has 1 N–H and O–H groups in total. The van der Waals surface area contributed by atoms with E-state index in [1.165, 1.54) is 25.3 Å². The van der Waals surface area contributed by atoms with Gasteiger partial charge in [-0.3, -0.25) is 9.69 Å². The first kappa shape index (κ1) is 17.8. The Balaban J connectivity index is 1.87. The van der Waals surface area contributed by atoms with Crippen molar-refractivity contribution < 1.29 is 14.6 Å². The Morgan fingerprint density at radius 1 is 1.38 bits per heavy atom. The highest BCUT2D eigenvalue weighted by Crippen LogP contribution is 2.40. The van der Waals surface area contributed by atoms with Crippen molar-refractivity contribution in [2.75, 3.05) is 7.11 Å². The SMILES string of the molecule is COc1cc(/C=C2/SC(=S)N(C3CCCCC3)C2=O)cc(Br)c1O. The van der Waals surface area contributed by atoms with Gasteiger partial charge in [0.15, 0.2) is 11.5 Å². The summed E-state index contributed by atoms with van der Waals surface area (Å²) >= 11 is 10.1. The van der Waals surface area contributed by atoms with Crippen LogP contribution < -0.4 is 4.74 Å². The van der Waals surface area contributed by atoms with Gasteiger partial charge in [0.25, 0.3) is 5.91 Å². The Morgan fingerprint density at radius 2 is 2.08 bits per heavy atom. The number of carbonyl (C=O) groups excluding carboxylic acids is 1. The molecule has 1 amide bonds. The van der Waals surface area contributed by atoms with Gasteiger partial charge in [0.2, 0.25) is 0 Å². The Bertz CT molecular complexity index is 714. The van der Waals surface area contributed by atoms with Gasteiger partial charge in [-0.25, -0.2) is 0 Å². The summed E-state index contributed by atoms with van der Waals surface area (Å²) in [6.45, 7) is 0. The minimum absolute atomic E-state index is 0.0138. The highest BCUT2D eigenvalue weighted by molar-refractivity contribution is 9.10. The van der Waals surface area contributed by atoms with E-state index in [4.69, 9.17) is 17.0 Å². The van der Waals surface area contributed by atoms with Crippen molar-refractivity contribution in [3.8, 4) is 11.5 Å². The van der Waals surface area contributed by atoms with Gasteiger partial charge in [-0.05, 0) is 52.5 Å². The summed E-state index contributed by atoms with van der Waals surface area (Å²) in [5.74, 6) is 0.392. The van der Waals surface area contributed by atoms with Crippen molar-refractivity contribution in [2.24, 2.45) is 0 Å². The van der Waals surface area contributed by atoms with Crippen LogP contribution in [0.1, 0.15) is 37.7 Å². The summed E-state index contributed by atoms with van der Waals surface area (Å²) in [4.78, 5) is 15.2. The molecule has 1 aromatic carbocycles. The first-order valence-corrected chi connectivity index (χ1v) is 9.86. The maximum Gasteiger partial charge on any atom is 0.266 e. The third-order valence-corrected chi connectivity index (χ3v) is 6.27. The van der Waals surface area contributed by atoms with Gasteiger partial charge in [-0.15, -0.1) is 0 Å². The predicted molar refractivity (Wildman–Crippen MR) is 104 cm³/mol. The lowest BCUT2D eigenvalue weighted by Gasteiger charge is -2.29. The Hall–Kier alpha value is -1.05. The lowest BCUT2D eigenvalue weighted by Crippen LogP contribution is -2.39. The highest BCUT2D eigenvalue weighted by Gasteiger charge is 2.37. The van der Waals surface area contributed by atoms with Gasteiger partial charge in [-0.2, -0.15) is 0 Å². The van der Waals surface area contributed by atoms with E-state index in [2.05, 4.69) is 15.9 Å². The fraction of sp³-hybridized carbons (Fsp3) is 0.412. The number of amides is 1. The molecular formula is C17H18BrNO3S2. The van der Waals surface area contributed by atoms with Crippen molar-refractivity contribution in [3.63, 3.8) is 0 Å². The number of benzene rings is 1. The van der Waals surface area contributed by atoms with Crippen molar-refractivity contribution in [1.29, 1.82) is 0 Å². The summed E-state index contributed by atoms with van der Waals surface area (Å²) in [5.41, 5.74) is 0.778. The second kappa shape index (κ2) is 7.45. The fourth-order valence-corrected chi connectivity index (χ4v) is 4.98. The quantitative estimate of drug-likeness (QED) is 0.559. The number of methoxy groups -OCH3 is 1. The fourth-order valence-electron chi connectivity index (χ4n) is 3.12. The molecule has 1 aromatic rings. The van der Waals surface area contributed by atoms with Crippen LogP contribution in [0.5, 0.6) is 11.5 Å². The molecule has 0 radical (unpaired) electrons. The molecule has 1 saturated carbocycles. The number of carbonyl (C=O) groups is 1. The van der Waals surface area contributed by atoms with E-state index in [-0.39, 0.29) is 17.7 Å². The summed E-state index contributed by atoms with van der Waals surface area (Å²) in [7, 11) is 1.49. The van der Waals surface area contributed by atoms with Crippen molar-refractivity contribution in [1.82, 2.24) is 4.90 Å². The minimum atomic E-state index is -0.0138. The highest BCUT2D eigenvalue weighted by atomic mass is 79.9. The number of hydrogen-bond donors (Lipinski definition) is 1. The number of phenols is 1. The number of thioether (sulfide) groups is 1. The van der Waals surface area contributed by atoms with Crippen molar-refractivity contribution >= 4 is 56.2 Å². The number of halogens is 1. The molecule has 1 aliphatic carbocycles. The van der Waals surface area contributed by atoms with E-state index in [0.717, 1.165) is 31.2 Å². The number of phenolic OH excluding ortho intramolecular Hbond substituents is 1. The molecule has 7 heteroatoms. The molecule has 0 spiro atoms. The maximum absolute atomic E-state index is 12.8. The summed E-state index contributed by atoms with van der Waals surface area (Å²) in [6.07, 6.45) is 7.40. The molecule has 0 atom stereocenters. The largest absolute Gasteiger partial charge is 0.503 e. The van der Waals surface area contributed by atoms with Crippen LogP contribution >= 0.6 is 39.9 Å². The second-order valence-electron chi connectivity index (χ2n) is 5.90. The van der Waals surface area contributed by atoms with Gasteiger partial charge < -0.3 is 9.84 Å². The number of aromatic hydroxyl groups is 1. The third kappa shape index (κ3) is 3.48. The third-order valence-electron chi connectivity index (χ3n) is 4.33. The molecule has 1 heterocycles. The van der Waals surface area contributed by atoms with Crippen molar-refractivity contribution in [2.45, 2.75) is 38.1 Å². The monoisotopic (exact) mass is 427 g/mol. The molecule has 0 unspecified atom stereocenters. The zero-order valence-corrected chi connectivity index (χ0v) is 16.5. The van der Waals surface area contributed by atoms with Gasteiger partial charge in [0.1, 0.15) is 4.32 Å². The first-order valence-electron chi connectivity index (χ1n) is 7.85. The topological polar surface area (TPSA) is 49.8 Å². The van der Waals surface area contributed by atoms with Crippen LogP contribution in [0.4, 0.5) is 0 Å². The number of hydrogen-bond acceptors (Lipinski definition) is 5. The van der Waals surface area contributed by atoms with Gasteiger partial charge in [-0.1, -0.05) is 43.2 Å². The molecule has 128 valence electrons. The molecule has 0 bridgehead atoms. The molecule has 4 nitrogen and oxygen atoms in total. The molecular weight excluding hydrogens is 410 g/mol. The van der Waals surface area contributed by atoms with E-state index >= 15 is 0 Å². The predicted octanol–water partition coefficient (Wildman–Crippen LogP) is 4.70. The Kier molecular flexibility index (Phi) is 5.52. The molecule has 1 aliphatic heterocycles. The number of thiocarbonyl (C=S) groups is 1. The normalized spacial score (nSPS) is 20.9. The van der Waals surface area contributed by atoms with E-state index in [1.807, 2.05) is 0 Å². The number of nitrogens with zero attached hydrogens (tertiary/aromatic N) is 1. The van der Waals surface area contributed by atoms with E-state index in [1.54, 1.807) is 23.1 Å². The maximum atomic E-state index is 12.8. The van der Waals surface area contributed by atoms with Crippen molar-refractivity contribution in [3.05, 3.63) is 27.1 Å². The van der Waals surface area contributed by atoms with Crippen LogP contribution in [0.2, 0.25) is 0 Å². The lowest BCUT2D eigenvalue weighted by molar-refractivity contribution is -0.124. The van der Waals surface area contributed by atoms with Crippen LogP contribution in [-0.4, -0.2) is 33.4 Å². The Labute approximate surface area is 159 Å². The minimum Gasteiger partial charge on any atom is -0.503 e. The zero-order chi connectivity index (χ0) is 17.3. The van der Waals surface area contributed by atoms with Crippen LogP contribution in [0.25, 0.3) is 6.08 Å². The zero-order valence-electron chi connectivity index (χ0n) is 13.3. The summed E-state index contributed by atoms with van der Waals surface area (Å²) in [6, 6.07) is 3.69. The first-order chi connectivity index (χ1) is 11.5. The smallest absolute Gasteiger partial charge is 0.266 e. The van der Waals surface area contributed by atoms with Gasteiger partial charge in [0.05, 0.1) is 16.5 Å². The summed E-state index contributed by atoms with van der Waals surface area (Å²) < 4.78 is 6.32. The van der Waals surface area contributed by atoms with Crippen LogP contribution in [0, 0.1) is 0 Å². The molecule has 0 aromatic heterocycles. The van der Waals surface area contributed by atoms with E-state index < -0.39 is 0 Å². The lowest BCUT2D eigenvalue weighted by atomic mass is 9.94. The summed E-state index contributed by atoms with van der Waals surface area (Å²) in [5, 5.41) is 9.90. The van der Waals surface area contributed by atoms with Crippen LogP contribution in [0.3, 0.4) is 0 Å². The second-order valence-corrected chi connectivity index (χ2v) is 8.43. The van der Waals surface area contributed by atoms with E-state index in [9.17, 15) is 9.90 Å². The average molecular weight is 428 g/mol. The standard InChI is InChI=1S/C17H18BrNO3S2/c1-22-13-8-10(7-12(18)15(13)20)9-14-16(21)19(17(23)24-14)11-5-3-2-4-6-11/h7-9,11,20H,2-6H2,1H3/b14-9+. The van der Waals surface area contributed by atoms with E-state index in [0.29, 0.717) is 19.4 Å². The van der Waals surface area contributed by atoms with Gasteiger partial charge in [0, 0.05) is 6.04 Å². The van der Waals surface area contributed by atoms with Crippen LogP contribution in [-0.2, 0) is 4.79 Å². The molecule has 2 fully saturated rings. The van der Waals surface area contributed by atoms with Gasteiger partial charge >= 0.3 is 0 Å². The number of rotatable bonds is 3. The average Bonchev–Trinajstić information content (AvgIpc) is 2.85. The molecule has 2 aliphatic rings. The molecule has 1 saturated heterocycles. The molecule has 24 heavy (non-hydrogen) atoms. The molecule has 3 rings (SSSR count).